The Bertz CT molecular complexity index is 336. The third kappa shape index (κ3) is 3.34. The third-order valence-corrected chi connectivity index (χ3v) is 2.43. The topological polar surface area (TPSA) is 56.2 Å². The van der Waals surface area contributed by atoms with Gasteiger partial charge in [0.25, 0.3) is 0 Å². The summed E-state index contributed by atoms with van der Waals surface area (Å²) in [5, 5.41) is 7.12. The smallest absolute Gasteiger partial charge is 0.324 e. The number of nitrogens with one attached hydrogen (secondary N) is 1. The molecular formula is C11H19N3O2. The molecule has 1 atom stereocenters. The number of hydrogen-bond donors (Lipinski definition) is 1. The average Bonchev–Trinajstić information content (AvgIpc) is 2.73. The maximum Gasteiger partial charge on any atom is 0.324 e. The van der Waals surface area contributed by atoms with Crippen molar-refractivity contribution in [2.75, 3.05) is 14.2 Å². The summed E-state index contributed by atoms with van der Waals surface area (Å²) in [4.78, 5) is 11.4. The molecular weight excluding hydrogens is 206 g/mol. The number of hydrogen-bond acceptors (Lipinski definition) is 4. The van der Waals surface area contributed by atoms with Gasteiger partial charge in [0.1, 0.15) is 6.04 Å². The number of carbonyl (C=O) groups is 1. The highest BCUT2D eigenvalue weighted by molar-refractivity contribution is 5.75. The van der Waals surface area contributed by atoms with Crippen LogP contribution in [0.25, 0.3) is 0 Å². The summed E-state index contributed by atoms with van der Waals surface area (Å²) in [6.07, 6.45) is 5.92. The molecule has 0 amide bonds. The van der Waals surface area contributed by atoms with Crippen molar-refractivity contribution in [1.29, 1.82) is 0 Å². The van der Waals surface area contributed by atoms with Crippen molar-refractivity contribution in [3.63, 3.8) is 0 Å². The lowest BCUT2D eigenvalue weighted by atomic mass is 10.2. The fourth-order valence-electron chi connectivity index (χ4n) is 1.54. The van der Waals surface area contributed by atoms with Gasteiger partial charge < -0.3 is 10.1 Å². The molecule has 0 spiro atoms. The van der Waals surface area contributed by atoms with E-state index in [1.807, 2.05) is 12.4 Å². The van der Waals surface area contributed by atoms with Crippen LogP contribution < -0.4 is 5.32 Å². The second-order valence-electron chi connectivity index (χ2n) is 3.69. The number of likely N-dealkylation sites (N-methyl/N-ethyl adjacent to an activating group) is 1. The molecule has 5 heteroatoms. The summed E-state index contributed by atoms with van der Waals surface area (Å²) >= 11 is 0. The Balaban J connectivity index is 2.59. The van der Waals surface area contributed by atoms with Crippen LogP contribution >= 0.6 is 0 Å². The highest BCUT2D eigenvalue weighted by atomic mass is 16.5. The van der Waals surface area contributed by atoms with Crippen LogP contribution in [0, 0.1) is 0 Å². The first-order valence-corrected chi connectivity index (χ1v) is 5.47. The van der Waals surface area contributed by atoms with E-state index < -0.39 is 0 Å². The van der Waals surface area contributed by atoms with Crippen LogP contribution in [0.4, 0.5) is 0 Å². The molecule has 0 radical (unpaired) electrons. The van der Waals surface area contributed by atoms with Crippen LogP contribution in [0.5, 0.6) is 0 Å². The number of methoxy groups -OCH3 is 1. The molecule has 1 N–H and O–H groups in total. The van der Waals surface area contributed by atoms with Crippen molar-refractivity contribution in [2.24, 2.45) is 0 Å². The Kier molecular flexibility index (Phi) is 4.98. The van der Waals surface area contributed by atoms with Crippen LogP contribution in [-0.4, -0.2) is 35.9 Å². The first-order valence-electron chi connectivity index (χ1n) is 5.47. The van der Waals surface area contributed by atoms with Crippen LogP contribution in [0.3, 0.4) is 0 Å². The SMILES string of the molecule is CCCc1cnn(CC(NC)C(=O)OC)c1. The summed E-state index contributed by atoms with van der Waals surface area (Å²) in [5.74, 6) is -0.268. The van der Waals surface area contributed by atoms with Crippen LogP contribution in [0.2, 0.25) is 0 Å². The van der Waals surface area contributed by atoms with E-state index in [4.69, 9.17) is 0 Å². The second-order valence-corrected chi connectivity index (χ2v) is 3.69. The highest BCUT2D eigenvalue weighted by Gasteiger charge is 2.17. The van der Waals surface area contributed by atoms with Gasteiger partial charge in [-0.2, -0.15) is 5.10 Å². The minimum Gasteiger partial charge on any atom is -0.468 e. The summed E-state index contributed by atoms with van der Waals surface area (Å²) in [5.41, 5.74) is 1.20. The first-order chi connectivity index (χ1) is 7.71. The van der Waals surface area contributed by atoms with Gasteiger partial charge in [0, 0.05) is 6.20 Å². The fraction of sp³-hybridized carbons (Fsp3) is 0.636. The maximum absolute atomic E-state index is 11.4. The van der Waals surface area contributed by atoms with Crippen molar-refractivity contribution in [1.82, 2.24) is 15.1 Å². The number of carbonyl (C=O) groups excluding carboxylic acids is 1. The van der Waals surface area contributed by atoms with E-state index in [2.05, 4.69) is 22.1 Å². The van der Waals surface area contributed by atoms with Crippen molar-refractivity contribution in [3.05, 3.63) is 18.0 Å². The molecule has 0 fully saturated rings. The predicted molar refractivity (Wildman–Crippen MR) is 61.1 cm³/mol. The number of esters is 1. The van der Waals surface area contributed by atoms with Gasteiger partial charge in [-0.05, 0) is 19.0 Å². The van der Waals surface area contributed by atoms with E-state index >= 15 is 0 Å². The summed E-state index contributed by atoms with van der Waals surface area (Å²) in [7, 11) is 3.12. The molecule has 90 valence electrons. The molecule has 1 aromatic rings. The standard InChI is InChI=1S/C11H19N3O2/c1-4-5-9-6-13-14(7-9)8-10(12-2)11(15)16-3/h6-7,10,12H,4-5,8H2,1-3H3. The van der Waals surface area contributed by atoms with Gasteiger partial charge in [0.05, 0.1) is 19.9 Å². The van der Waals surface area contributed by atoms with Crippen molar-refractivity contribution in [3.8, 4) is 0 Å². The summed E-state index contributed by atoms with van der Waals surface area (Å²) in [6, 6.07) is -0.348. The molecule has 16 heavy (non-hydrogen) atoms. The van der Waals surface area contributed by atoms with Gasteiger partial charge in [0.2, 0.25) is 0 Å². The molecule has 0 aliphatic carbocycles. The zero-order valence-corrected chi connectivity index (χ0v) is 10.1. The maximum atomic E-state index is 11.4. The monoisotopic (exact) mass is 225 g/mol. The quantitative estimate of drug-likeness (QED) is 0.720. The van der Waals surface area contributed by atoms with Gasteiger partial charge in [-0.1, -0.05) is 13.3 Å². The lowest BCUT2D eigenvalue weighted by Crippen LogP contribution is -2.38. The Labute approximate surface area is 95.8 Å². The highest BCUT2D eigenvalue weighted by Crippen LogP contribution is 2.02. The lowest BCUT2D eigenvalue weighted by Gasteiger charge is -2.13. The van der Waals surface area contributed by atoms with E-state index in [0.717, 1.165) is 12.8 Å². The first kappa shape index (κ1) is 12.7. The summed E-state index contributed by atoms with van der Waals surface area (Å²) < 4.78 is 6.45. The largest absolute Gasteiger partial charge is 0.468 e. The second kappa shape index (κ2) is 6.27. The molecule has 0 saturated heterocycles. The van der Waals surface area contributed by atoms with E-state index in [0.29, 0.717) is 6.54 Å². The summed E-state index contributed by atoms with van der Waals surface area (Å²) in [6.45, 7) is 2.62. The number of rotatable bonds is 6. The lowest BCUT2D eigenvalue weighted by molar-refractivity contribution is -0.143. The molecule has 1 aromatic heterocycles. The number of aryl methyl sites for hydroxylation is 1. The molecule has 0 aromatic carbocycles. The van der Waals surface area contributed by atoms with Crippen LogP contribution in [-0.2, 0) is 22.5 Å². The Morgan fingerprint density at radius 1 is 1.69 bits per heavy atom. The normalized spacial score (nSPS) is 12.4. The van der Waals surface area contributed by atoms with Crippen LogP contribution in [0.15, 0.2) is 12.4 Å². The number of nitrogens with zero attached hydrogens (tertiary/aromatic N) is 2. The minimum absolute atomic E-state index is 0.268. The average molecular weight is 225 g/mol. The minimum atomic E-state index is -0.348. The van der Waals surface area contributed by atoms with Crippen LogP contribution in [0.1, 0.15) is 18.9 Å². The van der Waals surface area contributed by atoms with E-state index in [1.54, 1.807) is 11.7 Å². The van der Waals surface area contributed by atoms with Crippen molar-refractivity contribution < 1.29 is 9.53 Å². The predicted octanol–water partition coefficient (Wildman–Crippen LogP) is 0.597. The molecule has 1 heterocycles. The number of aromatic nitrogens is 2. The van der Waals surface area contributed by atoms with Gasteiger partial charge in [-0.15, -0.1) is 0 Å². The molecule has 1 unspecified atom stereocenters. The van der Waals surface area contributed by atoms with Gasteiger partial charge >= 0.3 is 5.97 Å². The number of ether oxygens (including phenoxy) is 1. The molecule has 5 nitrogen and oxygen atoms in total. The Morgan fingerprint density at radius 2 is 2.44 bits per heavy atom. The molecule has 0 aliphatic heterocycles. The Hall–Kier alpha value is -1.36. The van der Waals surface area contributed by atoms with Gasteiger partial charge in [0.15, 0.2) is 0 Å². The van der Waals surface area contributed by atoms with Crippen molar-refractivity contribution >= 4 is 5.97 Å². The molecule has 0 aliphatic rings. The van der Waals surface area contributed by atoms with Gasteiger partial charge in [-0.3, -0.25) is 9.48 Å². The van der Waals surface area contributed by atoms with E-state index in [1.165, 1.54) is 12.7 Å². The Morgan fingerprint density at radius 3 is 3.00 bits per heavy atom. The van der Waals surface area contributed by atoms with E-state index in [-0.39, 0.29) is 12.0 Å². The van der Waals surface area contributed by atoms with E-state index in [9.17, 15) is 4.79 Å². The zero-order chi connectivity index (χ0) is 12.0. The molecule has 0 bridgehead atoms. The third-order valence-electron chi connectivity index (χ3n) is 2.43. The van der Waals surface area contributed by atoms with Crippen molar-refractivity contribution in [2.45, 2.75) is 32.4 Å². The van der Waals surface area contributed by atoms with Gasteiger partial charge in [-0.25, -0.2) is 0 Å². The molecule has 0 saturated carbocycles. The molecule has 1 rings (SSSR count). The zero-order valence-electron chi connectivity index (χ0n) is 10.1. The fourth-order valence-corrected chi connectivity index (χ4v) is 1.54.